The van der Waals surface area contributed by atoms with E-state index in [9.17, 15) is 13.2 Å². The number of hydrogen-bond acceptors (Lipinski definition) is 1. The summed E-state index contributed by atoms with van der Waals surface area (Å²) in [6.45, 7) is -1.29. The van der Waals surface area contributed by atoms with E-state index >= 15 is 0 Å². The lowest BCUT2D eigenvalue weighted by Crippen LogP contribution is -2.19. The molecule has 1 rings (SSSR count). The van der Waals surface area contributed by atoms with Gasteiger partial charge in [0.1, 0.15) is 5.75 Å². The fourth-order valence-corrected chi connectivity index (χ4v) is 0.888. The number of benzene rings is 1. The van der Waals surface area contributed by atoms with Crippen molar-refractivity contribution in [2.45, 2.75) is 6.18 Å². The summed E-state index contributed by atoms with van der Waals surface area (Å²) in [5.74, 6) is 0.0838. The molecule has 0 aliphatic carbocycles. The molecule has 0 atom stereocenters. The first-order valence-corrected chi connectivity index (χ1v) is 4.13. The Bertz CT molecular complexity index is 268. The average Bonchev–Trinajstić information content (AvgIpc) is 2.02. The van der Waals surface area contributed by atoms with Crippen LogP contribution < -0.4 is 4.74 Å². The Morgan fingerprint density at radius 1 is 1.38 bits per heavy atom. The fourth-order valence-electron chi connectivity index (χ4n) is 0.641. The summed E-state index contributed by atoms with van der Waals surface area (Å²) in [4.78, 5) is 0. The van der Waals surface area contributed by atoms with E-state index in [2.05, 4.69) is 26.7 Å². The van der Waals surface area contributed by atoms with Crippen LogP contribution in [0.1, 0.15) is 0 Å². The topological polar surface area (TPSA) is 9.23 Å². The van der Waals surface area contributed by atoms with Crippen molar-refractivity contribution in [3.05, 3.63) is 28.7 Å². The number of alkyl halides is 3. The van der Waals surface area contributed by atoms with Gasteiger partial charge < -0.3 is 4.74 Å². The molecule has 0 aliphatic rings. The summed E-state index contributed by atoms with van der Waals surface area (Å²) in [6.07, 6.45) is -4.30. The number of rotatable bonds is 2. The third kappa shape index (κ3) is 4.17. The summed E-state index contributed by atoms with van der Waals surface area (Å²) >= 11 is 3.13. The maximum Gasteiger partial charge on any atom is 0.422 e. The van der Waals surface area contributed by atoms with Crippen molar-refractivity contribution in [1.29, 1.82) is 0 Å². The molecule has 0 bridgehead atoms. The monoisotopic (exact) mass is 253 g/mol. The molecule has 1 aromatic rings. The van der Waals surface area contributed by atoms with Crippen LogP contribution in [0.2, 0.25) is 0 Å². The van der Waals surface area contributed by atoms with Gasteiger partial charge in [-0.3, -0.25) is 0 Å². The molecule has 0 heterocycles. The molecule has 0 amide bonds. The second kappa shape index (κ2) is 4.00. The van der Waals surface area contributed by atoms with Crippen LogP contribution in [0.3, 0.4) is 0 Å². The molecule has 13 heavy (non-hydrogen) atoms. The van der Waals surface area contributed by atoms with Crippen LogP contribution in [0.4, 0.5) is 13.2 Å². The van der Waals surface area contributed by atoms with Gasteiger partial charge in [0.05, 0.1) is 0 Å². The van der Waals surface area contributed by atoms with E-state index in [-0.39, 0.29) is 5.75 Å². The molecule has 1 radical (unpaired) electrons. The minimum Gasteiger partial charge on any atom is -0.483 e. The van der Waals surface area contributed by atoms with E-state index < -0.39 is 12.8 Å². The quantitative estimate of drug-likeness (QED) is 0.787. The Labute approximate surface area is 81.6 Å². The van der Waals surface area contributed by atoms with E-state index in [1.165, 1.54) is 12.1 Å². The molecular weight excluding hydrogens is 249 g/mol. The fraction of sp³-hybridized carbons (Fsp3) is 0.250. The second-order valence-corrected chi connectivity index (χ2v) is 3.19. The van der Waals surface area contributed by atoms with Crippen molar-refractivity contribution in [3.63, 3.8) is 0 Å². The largest absolute Gasteiger partial charge is 0.483 e. The lowest BCUT2D eigenvalue weighted by molar-refractivity contribution is -0.153. The van der Waals surface area contributed by atoms with Crippen molar-refractivity contribution in [2.75, 3.05) is 6.61 Å². The smallest absolute Gasteiger partial charge is 0.422 e. The molecule has 0 unspecified atom stereocenters. The second-order valence-electron chi connectivity index (χ2n) is 2.27. The van der Waals surface area contributed by atoms with E-state index in [4.69, 9.17) is 0 Å². The van der Waals surface area contributed by atoms with Crippen molar-refractivity contribution < 1.29 is 17.9 Å². The van der Waals surface area contributed by atoms with Crippen molar-refractivity contribution >= 4 is 15.9 Å². The Morgan fingerprint density at radius 2 is 2.08 bits per heavy atom. The molecule has 0 fully saturated rings. The lowest BCUT2D eigenvalue weighted by Gasteiger charge is -2.08. The van der Waals surface area contributed by atoms with Crippen molar-refractivity contribution in [3.8, 4) is 5.75 Å². The van der Waals surface area contributed by atoms with Crippen LogP contribution in [0.25, 0.3) is 0 Å². The Balaban J connectivity index is 2.51. The standard InChI is InChI=1S/C8H5BrF3O/c9-6-1-3-7(4-2-6)13-5-8(10,11)12/h1-3H,5H2. The highest BCUT2D eigenvalue weighted by Gasteiger charge is 2.28. The predicted molar refractivity (Wildman–Crippen MR) is 44.5 cm³/mol. The van der Waals surface area contributed by atoms with Crippen molar-refractivity contribution in [1.82, 2.24) is 0 Å². The van der Waals surface area contributed by atoms with E-state index in [1.54, 1.807) is 6.07 Å². The molecule has 0 spiro atoms. The maximum absolute atomic E-state index is 11.7. The van der Waals surface area contributed by atoms with Gasteiger partial charge >= 0.3 is 6.18 Å². The molecule has 0 aromatic heterocycles. The summed E-state index contributed by atoms with van der Waals surface area (Å²) in [5, 5.41) is 0. The van der Waals surface area contributed by atoms with Crippen LogP contribution in [0.15, 0.2) is 22.7 Å². The number of ether oxygens (including phenoxy) is 1. The minimum absolute atomic E-state index is 0.0838. The molecule has 5 heteroatoms. The third-order valence-corrected chi connectivity index (χ3v) is 1.63. The molecule has 1 aromatic carbocycles. The summed E-state index contributed by atoms with van der Waals surface area (Å²) in [6, 6.07) is 7.03. The Hall–Kier alpha value is -0.710. The van der Waals surface area contributed by atoms with Gasteiger partial charge in [0, 0.05) is 10.5 Å². The minimum atomic E-state index is -4.30. The van der Waals surface area contributed by atoms with Crippen molar-refractivity contribution in [2.24, 2.45) is 0 Å². The zero-order valence-electron chi connectivity index (χ0n) is 6.36. The third-order valence-electron chi connectivity index (χ3n) is 1.14. The first kappa shape index (κ1) is 10.4. The van der Waals surface area contributed by atoms with Crippen LogP contribution in [-0.4, -0.2) is 12.8 Å². The SMILES string of the molecule is FC(F)(F)COc1[c]cc(Br)cc1. The van der Waals surface area contributed by atoms with Crippen LogP contribution in [0.5, 0.6) is 5.75 Å². The highest BCUT2D eigenvalue weighted by Crippen LogP contribution is 2.19. The maximum atomic E-state index is 11.7. The van der Waals surface area contributed by atoms with Gasteiger partial charge in [-0.2, -0.15) is 13.2 Å². The first-order chi connectivity index (χ1) is 5.97. The molecule has 0 aliphatic heterocycles. The molecule has 0 saturated heterocycles. The Morgan fingerprint density at radius 3 is 2.54 bits per heavy atom. The van der Waals surface area contributed by atoms with Gasteiger partial charge in [0.15, 0.2) is 6.61 Å². The number of hydrogen-bond donors (Lipinski definition) is 0. The predicted octanol–water partition coefficient (Wildman–Crippen LogP) is 3.19. The zero-order valence-corrected chi connectivity index (χ0v) is 7.95. The summed E-state index contributed by atoms with van der Waals surface area (Å²) in [7, 11) is 0. The summed E-state index contributed by atoms with van der Waals surface area (Å²) < 4.78 is 40.2. The van der Waals surface area contributed by atoms with Gasteiger partial charge in [-0.15, -0.1) is 0 Å². The molecule has 1 nitrogen and oxygen atoms in total. The van der Waals surface area contributed by atoms with Crippen LogP contribution in [0, 0.1) is 6.07 Å². The Kier molecular flexibility index (Phi) is 3.19. The van der Waals surface area contributed by atoms with E-state index in [1.807, 2.05) is 0 Å². The van der Waals surface area contributed by atoms with Gasteiger partial charge in [-0.25, -0.2) is 0 Å². The van der Waals surface area contributed by atoms with E-state index in [0.29, 0.717) is 0 Å². The van der Waals surface area contributed by atoms with Gasteiger partial charge in [0.2, 0.25) is 0 Å². The van der Waals surface area contributed by atoms with Gasteiger partial charge in [-0.05, 0) is 18.2 Å². The zero-order chi connectivity index (χ0) is 9.90. The molecular formula is C8H5BrF3O. The highest BCUT2D eigenvalue weighted by atomic mass is 79.9. The van der Waals surface area contributed by atoms with Crippen LogP contribution in [-0.2, 0) is 0 Å². The molecule has 71 valence electrons. The highest BCUT2D eigenvalue weighted by molar-refractivity contribution is 9.10. The lowest BCUT2D eigenvalue weighted by atomic mass is 10.3. The van der Waals surface area contributed by atoms with Crippen LogP contribution >= 0.6 is 15.9 Å². The van der Waals surface area contributed by atoms with E-state index in [0.717, 1.165) is 4.47 Å². The average molecular weight is 254 g/mol. The number of halogens is 4. The summed E-state index contributed by atoms with van der Waals surface area (Å²) in [5.41, 5.74) is 0. The molecule has 0 saturated carbocycles. The van der Waals surface area contributed by atoms with Gasteiger partial charge in [0.25, 0.3) is 0 Å². The molecule has 0 N–H and O–H groups in total. The van der Waals surface area contributed by atoms with Gasteiger partial charge in [-0.1, -0.05) is 15.9 Å². The normalized spacial score (nSPS) is 11.4. The first-order valence-electron chi connectivity index (χ1n) is 3.34.